The SMILES string of the molecule is CCCC/C1=C(\CCCC)CCCCCCC1. The van der Waals surface area contributed by atoms with Gasteiger partial charge in [-0.1, -0.05) is 57.1 Å². The zero-order chi connectivity index (χ0) is 12.3. The predicted molar refractivity (Wildman–Crippen MR) is 78.4 cm³/mol. The summed E-state index contributed by atoms with van der Waals surface area (Å²) >= 11 is 0. The standard InChI is InChI=1S/C17H32/c1-3-5-12-16-14-10-8-7-9-11-15-17(16)13-6-4-2/h3-15H2,1-2H3/b17-16-. The molecule has 0 saturated heterocycles. The van der Waals surface area contributed by atoms with Gasteiger partial charge in [0, 0.05) is 0 Å². The third-order valence-corrected chi connectivity index (χ3v) is 4.12. The largest absolute Gasteiger partial charge is 0.0710 e. The van der Waals surface area contributed by atoms with Gasteiger partial charge in [0.2, 0.25) is 0 Å². The molecule has 0 amide bonds. The topological polar surface area (TPSA) is 0 Å². The Morgan fingerprint density at radius 2 is 1.06 bits per heavy atom. The van der Waals surface area contributed by atoms with Gasteiger partial charge in [0.1, 0.15) is 0 Å². The Balaban J connectivity index is 2.61. The van der Waals surface area contributed by atoms with Crippen LogP contribution in [0.1, 0.15) is 97.3 Å². The fourth-order valence-corrected chi connectivity index (χ4v) is 2.94. The molecule has 0 aromatic carbocycles. The maximum atomic E-state index is 2.32. The minimum absolute atomic E-state index is 1.35. The highest BCUT2D eigenvalue weighted by atomic mass is 14.1. The minimum Gasteiger partial charge on any atom is -0.0710 e. The zero-order valence-electron chi connectivity index (χ0n) is 12.2. The van der Waals surface area contributed by atoms with Crippen molar-refractivity contribution in [3.8, 4) is 0 Å². The van der Waals surface area contributed by atoms with Crippen molar-refractivity contribution >= 4 is 0 Å². The molecular weight excluding hydrogens is 204 g/mol. The summed E-state index contributed by atoms with van der Waals surface area (Å²) in [6, 6.07) is 0. The van der Waals surface area contributed by atoms with Crippen LogP contribution in [-0.4, -0.2) is 0 Å². The third-order valence-electron chi connectivity index (χ3n) is 4.12. The first kappa shape index (κ1) is 14.8. The third kappa shape index (κ3) is 6.29. The lowest BCUT2D eigenvalue weighted by molar-refractivity contribution is 0.620. The van der Waals surface area contributed by atoms with Crippen LogP contribution in [-0.2, 0) is 0 Å². The first-order valence-electron chi connectivity index (χ1n) is 8.08. The van der Waals surface area contributed by atoms with E-state index in [1.54, 1.807) is 0 Å². The minimum atomic E-state index is 1.35. The summed E-state index contributed by atoms with van der Waals surface area (Å²) in [5.74, 6) is 0. The van der Waals surface area contributed by atoms with E-state index in [1.807, 2.05) is 11.1 Å². The van der Waals surface area contributed by atoms with Crippen molar-refractivity contribution < 1.29 is 0 Å². The van der Waals surface area contributed by atoms with Gasteiger partial charge in [-0.15, -0.1) is 0 Å². The lowest BCUT2D eigenvalue weighted by atomic mass is 9.92. The van der Waals surface area contributed by atoms with Gasteiger partial charge in [-0.05, 0) is 51.4 Å². The molecule has 0 saturated carbocycles. The molecule has 0 bridgehead atoms. The highest BCUT2D eigenvalue weighted by molar-refractivity contribution is 5.15. The maximum absolute atomic E-state index is 2.32. The Hall–Kier alpha value is -0.260. The number of rotatable bonds is 6. The number of hydrogen-bond acceptors (Lipinski definition) is 0. The molecule has 0 aromatic rings. The van der Waals surface area contributed by atoms with E-state index < -0.39 is 0 Å². The fourth-order valence-electron chi connectivity index (χ4n) is 2.94. The molecule has 0 nitrogen and oxygen atoms in total. The van der Waals surface area contributed by atoms with Crippen molar-refractivity contribution in [3.63, 3.8) is 0 Å². The lowest BCUT2D eigenvalue weighted by Crippen LogP contribution is -1.94. The van der Waals surface area contributed by atoms with Crippen LogP contribution in [0.25, 0.3) is 0 Å². The van der Waals surface area contributed by atoms with Crippen molar-refractivity contribution in [1.29, 1.82) is 0 Å². The summed E-state index contributed by atoms with van der Waals surface area (Å²) in [7, 11) is 0. The van der Waals surface area contributed by atoms with E-state index in [1.165, 1.54) is 83.5 Å². The Morgan fingerprint density at radius 3 is 1.47 bits per heavy atom. The maximum Gasteiger partial charge on any atom is -0.0318 e. The van der Waals surface area contributed by atoms with Gasteiger partial charge in [-0.2, -0.15) is 0 Å². The zero-order valence-corrected chi connectivity index (χ0v) is 12.2. The first-order valence-corrected chi connectivity index (χ1v) is 8.08. The second-order valence-electron chi connectivity index (χ2n) is 5.68. The van der Waals surface area contributed by atoms with Crippen LogP contribution in [0.5, 0.6) is 0 Å². The van der Waals surface area contributed by atoms with Crippen LogP contribution in [0.2, 0.25) is 0 Å². The molecule has 17 heavy (non-hydrogen) atoms. The molecule has 1 rings (SSSR count). The van der Waals surface area contributed by atoms with Crippen LogP contribution >= 0.6 is 0 Å². The van der Waals surface area contributed by atoms with Crippen LogP contribution in [0.3, 0.4) is 0 Å². The molecule has 1 aliphatic carbocycles. The smallest absolute Gasteiger partial charge is 0.0318 e. The first-order chi connectivity index (χ1) is 8.38. The highest BCUT2D eigenvalue weighted by Crippen LogP contribution is 2.29. The second kappa shape index (κ2) is 9.74. The van der Waals surface area contributed by atoms with Gasteiger partial charge >= 0.3 is 0 Å². The molecule has 0 N–H and O–H groups in total. The van der Waals surface area contributed by atoms with E-state index in [0.717, 1.165) is 0 Å². The molecule has 1 aliphatic rings. The number of allylic oxidation sites excluding steroid dienone is 2. The van der Waals surface area contributed by atoms with Gasteiger partial charge in [-0.25, -0.2) is 0 Å². The summed E-state index contributed by atoms with van der Waals surface area (Å²) in [6.45, 7) is 4.64. The fraction of sp³-hybridized carbons (Fsp3) is 0.882. The molecule has 0 aromatic heterocycles. The van der Waals surface area contributed by atoms with Gasteiger partial charge in [0.25, 0.3) is 0 Å². The summed E-state index contributed by atoms with van der Waals surface area (Å²) in [5, 5.41) is 0. The molecular formula is C17H32. The normalized spacial score (nSPS) is 22.9. The van der Waals surface area contributed by atoms with Crippen molar-refractivity contribution in [2.45, 2.75) is 97.3 Å². The molecule has 0 fully saturated rings. The van der Waals surface area contributed by atoms with E-state index in [4.69, 9.17) is 0 Å². The Bertz CT molecular complexity index is 190. The summed E-state index contributed by atoms with van der Waals surface area (Å²) < 4.78 is 0. The van der Waals surface area contributed by atoms with E-state index in [-0.39, 0.29) is 0 Å². The Labute approximate surface area is 109 Å². The highest BCUT2D eigenvalue weighted by Gasteiger charge is 2.09. The average Bonchev–Trinajstić information content (AvgIpc) is 2.46. The lowest BCUT2D eigenvalue weighted by Gasteiger charge is -2.14. The molecule has 0 spiro atoms. The molecule has 100 valence electrons. The van der Waals surface area contributed by atoms with E-state index >= 15 is 0 Å². The van der Waals surface area contributed by atoms with Crippen molar-refractivity contribution in [3.05, 3.63) is 11.1 Å². The van der Waals surface area contributed by atoms with E-state index in [2.05, 4.69) is 13.8 Å². The molecule has 0 heterocycles. The molecule has 0 unspecified atom stereocenters. The predicted octanol–water partition coefficient (Wildman–Crippen LogP) is 6.41. The molecule has 0 atom stereocenters. The van der Waals surface area contributed by atoms with Crippen molar-refractivity contribution in [1.82, 2.24) is 0 Å². The molecule has 0 heteroatoms. The van der Waals surface area contributed by atoms with Gasteiger partial charge in [-0.3, -0.25) is 0 Å². The summed E-state index contributed by atoms with van der Waals surface area (Å²) in [6.07, 6.45) is 18.5. The monoisotopic (exact) mass is 236 g/mol. The van der Waals surface area contributed by atoms with Crippen LogP contribution < -0.4 is 0 Å². The molecule has 0 aliphatic heterocycles. The van der Waals surface area contributed by atoms with Crippen LogP contribution in [0, 0.1) is 0 Å². The van der Waals surface area contributed by atoms with E-state index in [9.17, 15) is 0 Å². The quantitative estimate of drug-likeness (QED) is 0.468. The van der Waals surface area contributed by atoms with E-state index in [0.29, 0.717) is 0 Å². The Morgan fingerprint density at radius 1 is 0.647 bits per heavy atom. The van der Waals surface area contributed by atoms with Crippen LogP contribution in [0.4, 0.5) is 0 Å². The van der Waals surface area contributed by atoms with Crippen molar-refractivity contribution in [2.75, 3.05) is 0 Å². The second-order valence-corrected chi connectivity index (χ2v) is 5.68. The Kier molecular flexibility index (Phi) is 8.48. The molecule has 0 radical (unpaired) electrons. The van der Waals surface area contributed by atoms with Gasteiger partial charge in [0.15, 0.2) is 0 Å². The van der Waals surface area contributed by atoms with Crippen molar-refractivity contribution in [2.24, 2.45) is 0 Å². The van der Waals surface area contributed by atoms with Gasteiger partial charge in [0.05, 0.1) is 0 Å². The van der Waals surface area contributed by atoms with Crippen LogP contribution in [0.15, 0.2) is 11.1 Å². The average molecular weight is 236 g/mol. The summed E-state index contributed by atoms with van der Waals surface area (Å²) in [5.41, 5.74) is 3.73. The summed E-state index contributed by atoms with van der Waals surface area (Å²) in [4.78, 5) is 0. The number of unbranched alkanes of at least 4 members (excludes halogenated alkanes) is 2. The number of hydrogen-bond donors (Lipinski definition) is 0. The van der Waals surface area contributed by atoms with Gasteiger partial charge < -0.3 is 0 Å².